The standard InChI is InChI=1S/C16H26N2OS/c1-11-10-15(14(4)20-11)6-5-7-16(19)18-9-8-17-12(2)13(18)3/h10,12-13,17H,5-9H2,1-4H3. The normalized spacial score (nSPS) is 23.1. The molecule has 1 aliphatic rings. The van der Waals surface area contributed by atoms with Gasteiger partial charge < -0.3 is 10.2 Å². The second-order valence-corrected chi connectivity index (χ2v) is 7.32. The van der Waals surface area contributed by atoms with Crippen molar-refractivity contribution in [2.75, 3.05) is 13.1 Å². The molecule has 112 valence electrons. The summed E-state index contributed by atoms with van der Waals surface area (Å²) in [6.07, 6.45) is 2.66. The van der Waals surface area contributed by atoms with Gasteiger partial charge in [0, 0.05) is 41.3 Å². The van der Waals surface area contributed by atoms with Crippen LogP contribution in [0.15, 0.2) is 6.07 Å². The Morgan fingerprint density at radius 2 is 2.20 bits per heavy atom. The van der Waals surface area contributed by atoms with E-state index in [0.717, 1.165) is 25.9 Å². The number of aryl methyl sites for hydroxylation is 3. The maximum Gasteiger partial charge on any atom is 0.222 e. The number of piperazine rings is 1. The van der Waals surface area contributed by atoms with Crippen molar-refractivity contribution in [1.82, 2.24) is 10.2 Å². The maximum atomic E-state index is 12.3. The highest BCUT2D eigenvalue weighted by molar-refractivity contribution is 7.12. The summed E-state index contributed by atoms with van der Waals surface area (Å²) < 4.78 is 0. The lowest BCUT2D eigenvalue weighted by atomic mass is 10.0. The first-order valence-corrected chi connectivity index (χ1v) is 8.39. The number of nitrogens with one attached hydrogen (secondary N) is 1. The Bertz CT molecular complexity index is 469. The van der Waals surface area contributed by atoms with Crippen LogP contribution in [0.4, 0.5) is 0 Å². The van der Waals surface area contributed by atoms with Gasteiger partial charge in [-0.15, -0.1) is 11.3 Å². The van der Waals surface area contributed by atoms with Gasteiger partial charge in [-0.25, -0.2) is 0 Å². The summed E-state index contributed by atoms with van der Waals surface area (Å²) in [6.45, 7) is 10.4. The molecule has 1 fully saturated rings. The molecule has 0 radical (unpaired) electrons. The van der Waals surface area contributed by atoms with Crippen molar-refractivity contribution in [1.29, 1.82) is 0 Å². The molecule has 0 aromatic carbocycles. The average Bonchev–Trinajstić information content (AvgIpc) is 2.71. The Hall–Kier alpha value is -0.870. The van der Waals surface area contributed by atoms with Crippen LogP contribution in [0.2, 0.25) is 0 Å². The fourth-order valence-electron chi connectivity index (χ4n) is 2.91. The predicted octanol–water partition coefficient (Wildman–Crippen LogP) is 2.90. The molecule has 2 atom stereocenters. The van der Waals surface area contributed by atoms with Crippen LogP contribution in [-0.2, 0) is 11.2 Å². The highest BCUT2D eigenvalue weighted by atomic mass is 32.1. The van der Waals surface area contributed by atoms with Crippen molar-refractivity contribution in [3.05, 3.63) is 21.4 Å². The van der Waals surface area contributed by atoms with E-state index in [0.29, 0.717) is 24.4 Å². The summed E-state index contributed by atoms with van der Waals surface area (Å²) in [7, 11) is 0. The average molecular weight is 294 g/mol. The third-order valence-electron chi connectivity index (χ3n) is 4.34. The van der Waals surface area contributed by atoms with E-state index in [9.17, 15) is 4.79 Å². The summed E-state index contributed by atoms with van der Waals surface area (Å²) in [5, 5.41) is 3.42. The Morgan fingerprint density at radius 1 is 1.45 bits per heavy atom. The number of hydrogen-bond acceptors (Lipinski definition) is 3. The van der Waals surface area contributed by atoms with Crippen molar-refractivity contribution in [2.24, 2.45) is 0 Å². The lowest BCUT2D eigenvalue weighted by Gasteiger charge is -2.38. The molecule has 2 rings (SSSR count). The minimum Gasteiger partial charge on any atom is -0.337 e. The van der Waals surface area contributed by atoms with Crippen molar-refractivity contribution in [3.8, 4) is 0 Å². The smallest absolute Gasteiger partial charge is 0.222 e. The molecule has 20 heavy (non-hydrogen) atoms. The van der Waals surface area contributed by atoms with Gasteiger partial charge in [-0.3, -0.25) is 4.79 Å². The quantitative estimate of drug-likeness (QED) is 0.926. The molecule has 1 saturated heterocycles. The zero-order valence-electron chi connectivity index (χ0n) is 13.0. The van der Waals surface area contributed by atoms with Crippen LogP contribution < -0.4 is 5.32 Å². The maximum absolute atomic E-state index is 12.3. The van der Waals surface area contributed by atoms with Crippen LogP contribution in [0.25, 0.3) is 0 Å². The number of amides is 1. The van der Waals surface area contributed by atoms with Crippen LogP contribution in [-0.4, -0.2) is 36.0 Å². The molecule has 0 spiro atoms. The summed E-state index contributed by atoms with van der Waals surface area (Å²) in [5.74, 6) is 0.315. The molecule has 1 N–H and O–H groups in total. The van der Waals surface area contributed by atoms with E-state index in [-0.39, 0.29) is 0 Å². The first-order valence-electron chi connectivity index (χ1n) is 7.58. The van der Waals surface area contributed by atoms with Crippen LogP contribution in [0, 0.1) is 13.8 Å². The molecule has 1 aromatic rings. The molecular formula is C16H26N2OS. The Kier molecular flexibility index (Phi) is 5.22. The fourth-order valence-corrected chi connectivity index (χ4v) is 3.89. The summed E-state index contributed by atoms with van der Waals surface area (Å²) in [5.41, 5.74) is 1.42. The van der Waals surface area contributed by atoms with Crippen molar-refractivity contribution < 1.29 is 4.79 Å². The topological polar surface area (TPSA) is 32.3 Å². The summed E-state index contributed by atoms with van der Waals surface area (Å²) >= 11 is 1.85. The molecule has 1 aliphatic heterocycles. The van der Waals surface area contributed by atoms with E-state index in [2.05, 4.69) is 39.1 Å². The Morgan fingerprint density at radius 3 is 2.85 bits per heavy atom. The third-order valence-corrected chi connectivity index (χ3v) is 5.34. The summed E-state index contributed by atoms with van der Waals surface area (Å²) in [6, 6.07) is 2.97. The first-order chi connectivity index (χ1) is 9.49. The van der Waals surface area contributed by atoms with E-state index in [4.69, 9.17) is 0 Å². The van der Waals surface area contributed by atoms with Gasteiger partial charge in [-0.05, 0) is 52.2 Å². The van der Waals surface area contributed by atoms with Crippen LogP contribution in [0.1, 0.15) is 42.0 Å². The molecule has 1 aromatic heterocycles. The van der Waals surface area contributed by atoms with Gasteiger partial charge in [-0.1, -0.05) is 0 Å². The van der Waals surface area contributed by atoms with Crippen LogP contribution >= 0.6 is 11.3 Å². The molecule has 1 amide bonds. The van der Waals surface area contributed by atoms with E-state index in [1.807, 2.05) is 16.2 Å². The number of hydrogen-bond donors (Lipinski definition) is 1. The highest BCUT2D eigenvalue weighted by Gasteiger charge is 2.27. The number of nitrogens with zero attached hydrogens (tertiary/aromatic N) is 1. The monoisotopic (exact) mass is 294 g/mol. The Balaban J connectivity index is 1.81. The zero-order chi connectivity index (χ0) is 14.7. The molecule has 2 unspecified atom stereocenters. The van der Waals surface area contributed by atoms with E-state index < -0.39 is 0 Å². The van der Waals surface area contributed by atoms with Crippen LogP contribution in [0.5, 0.6) is 0 Å². The second-order valence-electron chi connectivity index (χ2n) is 5.86. The van der Waals surface area contributed by atoms with Gasteiger partial charge >= 0.3 is 0 Å². The van der Waals surface area contributed by atoms with Crippen molar-refractivity contribution in [2.45, 2.75) is 59.0 Å². The van der Waals surface area contributed by atoms with E-state index >= 15 is 0 Å². The first kappa shape index (κ1) is 15.5. The second kappa shape index (κ2) is 6.72. The Labute approximate surface area is 126 Å². The molecule has 0 aliphatic carbocycles. The molecular weight excluding hydrogens is 268 g/mol. The van der Waals surface area contributed by atoms with Gasteiger partial charge in [0.25, 0.3) is 0 Å². The molecule has 2 heterocycles. The summed E-state index contributed by atoms with van der Waals surface area (Å²) in [4.78, 5) is 17.2. The number of rotatable bonds is 4. The number of thiophene rings is 1. The largest absolute Gasteiger partial charge is 0.337 e. The van der Waals surface area contributed by atoms with Crippen LogP contribution in [0.3, 0.4) is 0 Å². The lowest BCUT2D eigenvalue weighted by Crippen LogP contribution is -2.57. The minimum absolute atomic E-state index is 0.307. The van der Waals surface area contributed by atoms with Gasteiger partial charge in [-0.2, -0.15) is 0 Å². The molecule has 4 heteroatoms. The third kappa shape index (κ3) is 3.61. The van der Waals surface area contributed by atoms with Gasteiger partial charge in [0.1, 0.15) is 0 Å². The van der Waals surface area contributed by atoms with Crippen molar-refractivity contribution >= 4 is 17.2 Å². The molecule has 3 nitrogen and oxygen atoms in total. The minimum atomic E-state index is 0.307. The number of carbonyl (C=O) groups excluding carboxylic acids is 1. The van der Waals surface area contributed by atoms with Gasteiger partial charge in [0.15, 0.2) is 0 Å². The fraction of sp³-hybridized carbons (Fsp3) is 0.688. The van der Waals surface area contributed by atoms with E-state index in [1.165, 1.54) is 15.3 Å². The van der Waals surface area contributed by atoms with Crippen molar-refractivity contribution in [3.63, 3.8) is 0 Å². The SMILES string of the molecule is Cc1cc(CCCC(=O)N2CCNC(C)C2C)c(C)s1. The number of carbonyl (C=O) groups is 1. The zero-order valence-corrected chi connectivity index (χ0v) is 13.8. The molecule has 0 bridgehead atoms. The van der Waals surface area contributed by atoms with E-state index in [1.54, 1.807) is 0 Å². The highest BCUT2D eigenvalue weighted by Crippen LogP contribution is 2.22. The van der Waals surface area contributed by atoms with Gasteiger partial charge in [0.05, 0.1) is 0 Å². The lowest BCUT2D eigenvalue weighted by molar-refractivity contribution is -0.134. The molecule has 0 saturated carbocycles. The van der Waals surface area contributed by atoms with Gasteiger partial charge in [0.2, 0.25) is 5.91 Å². The predicted molar refractivity (Wildman–Crippen MR) is 85.4 cm³/mol.